The minimum absolute atomic E-state index is 0.128. The molecule has 2 aromatic rings. The molecule has 27 heavy (non-hydrogen) atoms. The molecule has 0 radical (unpaired) electrons. The third kappa shape index (κ3) is 3.74. The van der Waals surface area contributed by atoms with Crippen LogP contribution in [-0.4, -0.2) is 33.2 Å². The zero-order chi connectivity index (χ0) is 19.1. The average molecular weight is 371 g/mol. The van der Waals surface area contributed by atoms with Crippen LogP contribution in [0.25, 0.3) is 0 Å². The molecule has 3 N–H and O–H groups in total. The van der Waals surface area contributed by atoms with Gasteiger partial charge in [0.05, 0.1) is 12.1 Å². The van der Waals surface area contributed by atoms with Gasteiger partial charge in [0.15, 0.2) is 5.82 Å². The van der Waals surface area contributed by atoms with Crippen LogP contribution in [0.1, 0.15) is 49.8 Å². The van der Waals surface area contributed by atoms with Crippen molar-refractivity contribution in [3.8, 4) is 0 Å². The Morgan fingerprint density at radius 1 is 1.30 bits per heavy atom. The molecule has 2 aliphatic carbocycles. The average Bonchev–Trinajstić information content (AvgIpc) is 3.01. The number of anilines is 1. The van der Waals surface area contributed by atoms with E-state index in [2.05, 4.69) is 26.0 Å². The monoisotopic (exact) mass is 371 g/mol. The first kappa shape index (κ1) is 17.8. The van der Waals surface area contributed by atoms with E-state index in [0.717, 1.165) is 24.2 Å². The summed E-state index contributed by atoms with van der Waals surface area (Å²) < 4.78 is 5.06. The minimum atomic E-state index is -0.191. The SMILES string of the molecule is Cc1cc(CC(=O)Nc2cc(C3C[C@@H]4C(C(=O)NC(C)C)[C@@H]4C3)[nH]n2)on1. The van der Waals surface area contributed by atoms with E-state index in [-0.39, 0.29) is 30.2 Å². The van der Waals surface area contributed by atoms with Gasteiger partial charge >= 0.3 is 0 Å². The molecule has 0 aromatic carbocycles. The van der Waals surface area contributed by atoms with Gasteiger partial charge < -0.3 is 15.2 Å². The number of fused-ring (bicyclic) bond motifs is 1. The normalized spacial score (nSPS) is 26.1. The molecule has 0 spiro atoms. The van der Waals surface area contributed by atoms with Crippen molar-refractivity contribution in [2.24, 2.45) is 17.8 Å². The number of nitrogens with one attached hydrogen (secondary N) is 3. The van der Waals surface area contributed by atoms with Gasteiger partial charge in [-0.1, -0.05) is 5.16 Å². The van der Waals surface area contributed by atoms with Crippen molar-refractivity contribution in [2.75, 3.05) is 5.32 Å². The topological polar surface area (TPSA) is 113 Å². The van der Waals surface area contributed by atoms with Crippen molar-refractivity contribution >= 4 is 17.6 Å². The molecule has 2 aromatic heterocycles. The first-order valence-electron chi connectivity index (χ1n) is 9.48. The molecule has 2 unspecified atom stereocenters. The molecule has 0 aliphatic heterocycles. The molecule has 2 aliphatic rings. The molecule has 2 heterocycles. The second-order valence-corrected chi connectivity index (χ2v) is 8.05. The summed E-state index contributed by atoms with van der Waals surface area (Å²) in [6, 6.07) is 3.82. The fraction of sp³-hybridized carbons (Fsp3) is 0.579. The van der Waals surface area contributed by atoms with Crippen LogP contribution in [0.2, 0.25) is 0 Å². The fourth-order valence-electron chi connectivity index (χ4n) is 4.32. The number of aromatic amines is 1. The number of aryl methyl sites for hydroxylation is 1. The minimum Gasteiger partial charge on any atom is -0.361 e. The lowest BCUT2D eigenvalue weighted by atomic mass is 9.96. The number of hydrogen-bond acceptors (Lipinski definition) is 5. The first-order chi connectivity index (χ1) is 12.9. The van der Waals surface area contributed by atoms with Gasteiger partial charge in [-0.25, -0.2) is 0 Å². The first-order valence-corrected chi connectivity index (χ1v) is 9.48. The van der Waals surface area contributed by atoms with Crippen molar-refractivity contribution in [2.45, 2.75) is 52.0 Å². The Labute approximate surface area is 157 Å². The van der Waals surface area contributed by atoms with Crippen molar-refractivity contribution in [3.05, 3.63) is 29.3 Å². The number of nitrogens with zero attached hydrogens (tertiary/aromatic N) is 2. The number of aromatic nitrogens is 3. The van der Waals surface area contributed by atoms with E-state index in [4.69, 9.17) is 4.52 Å². The highest BCUT2D eigenvalue weighted by Gasteiger charge is 2.59. The number of H-pyrrole nitrogens is 1. The molecule has 8 nitrogen and oxygen atoms in total. The van der Waals surface area contributed by atoms with Gasteiger partial charge in [-0.15, -0.1) is 0 Å². The molecule has 2 saturated carbocycles. The fourth-order valence-corrected chi connectivity index (χ4v) is 4.32. The largest absolute Gasteiger partial charge is 0.361 e. The Hall–Kier alpha value is -2.64. The van der Waals surface area contributed by atoms with Gasteiger partial charge in [0.1, 0.15) is 5.76 Å². The quantitative estimate of drug-likeness (QED) is 0.720. The summed E-state index contributed by atoms with van der Waals surface area (Å²) in [6.45, 7) is 5.79. The molecule has 2 amide bonds. The van der Waals surface area contributed by atoms with Crippen molar-refractivity contribution in [1.82, 2.24) is 20.7 Å². The van der Waals surface area contributed by atoms with Gasteiger partial charge in [0.2, 0.25) is 11.8 Å². The van der Waals surface area contributed by atoms with Crippen LogP contribution in [0.4, 0.5) is 5.82 Å². The van der Waals surface area contributed by atoms with E-state index < -0.39 is 0 Å². The van der Waals surface area contributed by atoms with Crippen LogP contribution in [0.15, 0.2) is 16.7 Å². The predicted octanol–water partition coefficient (Wildman–Crippen LogP) is 2.15. The summed E-state index contributed by atoms with van der Waals surface area (Å²) in [6.07, 6.45) is 2.12. The summed E-state index contributed by atoms with van der Waals surface area (Å²) in [5.41, 5.74) is 1.77. The second-order valence-electron chi connectivity index (χ2n) is 8.05. The second kappa shape index (κ2) is 6.83. The zero-order valence-corrected chi connectivity index (χ0v) is 15.8. The summed E-state index contributed by atoms with van der Waals surface area (Å²) in [5, 5.41) is 16.8. The van der Waals surface area contributed by atoms with Gasteiger partial charge in [0.25, 0.3) is 0 Å². The van der Waals surface area contributed by atoms with Crippen LogP contribution in [0, 0.1) is 24.7 Å². The van der Waals surface area contributed by atoms with E-state index >= 15 is 0 Å². The molecule has 144 valence electrons. The third-order valence-corrected chi connectivity index (χ3v) is 5.50. The van der Waals surface area contributed by atoms with Gasteiger partial charge in [-0.3, -0.25) is 14.7 Å². The Bertz CT molecular complexity index is 843. The number of carbonyl (C=O) groups excluding carboxylic acids is 2. The highest BCUT2D eigenvalue weighted by Crippen LogP contribution is 2.62. The summed E-state index contributed by atoms with van der Waals surface area (Å²) in [4.78, 5) is 24.2. The number of carbonyl (C=O) groups is 2. The Morgan fingerprint density at radius 3 is 2.67 bits per heavy atom. The van der Waals surface area contributed by atoms with Crippen LogP contribution in [0.5, 0.6) is 0 Å². The molecule has 2 fully saturated rings. The van der Waals surface area contributed by atoms with Crippen molar-refractivity contribution in [1.29, 1.82) is 0 Å². The smallest absolute Gasteiger partial charge is 0.233 e. The summed E-state index contributed by atoms with van der Waals surface area (Å²) in [7, 11) is 0. The highest BCUT2D eigenvalue weighted by atomic mass is 16.5. The Balaban J connectivity index is 1.28. The van der Waals surface area contributed by atoms with Crippen LogP contribution in [-0.2, 0) is 16.0 Å². The molecule has 0 bridgehead atoms. The van der Waals surface area contributed by atoms with E-state index in [1.54, 1.807) is 6.07 Å². The maximum Gasteiger partial charge on any atom is 0.233 e. The lowest BCUT2D eigenvalue weighted by Crippen LogP contribution is -2.32. The van der Waals surface area contributed by atoms with E-state index in [1.807, 2.05) is 26.8 Å². The molecular weight excluding hydrogens is 346 g/mol. The van der Waals surface area contributed by atoms with Crippen LogP contribution < -0.4 is 10.6 Å². The number of amides is 2. The third-order valence-electron chi connectivity index (χ3n) is 5.50. The molecule has 4 atom stereocenters. The maximum absolute atomic E-state index is 12.2. The lowest BCUT2D eigenvalue weighted by Gasteiger charge is -2.13. The highest BCUT2D eigenvalue weighted by molar-refractivity contribution is 5.91. The summed E-state index contributed by atoms with van der Waals surface area (Å²) in [5.74, 6) is 2.55. The van der Waals surface area contributed by atoms with Crippen molar-refractivity contribution in [3.63, 3.8) is 0 Å². The number of hydrogen-bond donors (Lipinski definition) is 3. The van der Waals surface area contributed by atoms with E-state index in [9.17, 15) is 9.59 Å². The standard InChI is InChI=1S/C19H25N5O3/c1-9(2)20-19(26)18-13-5-11(6-14(13)18)15-8-16(23-22-15)21-17(25)7-12-4-10(3)24-27-12/h4,8-9,11,13-14,18H,5-7H2,1-3H3,(H,20,26)(H2,21,22,23,25)/t11?,13-,14+,18?. The van der Waals surface area contributed by atoms with Gasteiger partial charge in [-0.05, 0) is 45.4 Å². The van der Waals surface area contributed by atoms with Crippen LogP contribution in [0.3, 0.4) is 0 Å². The van der Waals surface area contributed by atoms with Gasteiger partial charge in [-0.2, -0.15) is 5.10 Å². The molecule has 4 rings (SSSR count). The number of rotatable bonds is 6. The van der Waals surface area contributed by atoms with Crippen molar-refractivity contribution < 1.29 is 14.1 Å². The van der Waals surface area contributed by atoms with Gasteiger partial charge in [0, 0.05) is 35.7 Å². The molecule has 8 heteroatoms. The lowest BCUT2D eigenvalue weighted by molar-refractivity contribution is -0.123. The van der Waals surface area contributed by atoms with E-state index in [0.29, 0.717) is 29.3 Å². The Morgan fingerprint density at radius 2 is 2.04 bits per heavy atom. The maximum atomic E-state index is 12.2. The molecule has 0 saturated heterocycles. The zero-order valence-electron chi connectivity index (χ0n) is 15.8. The summed E-state index contributed by atoms with van der Waals surface area (Å²) >= 11 is 0. The predicted molar refractivity (Wildman–Crippen MR) is 97.9 cm³/mol. The van der Waals surface area contributed by atoms with Crippen LogP contribution >= 0.6 is 0 Å². The van der Waals surface area contributed by atoms with E-state index in [1.165, 1.54) is 0 Å². The Kier molecular flexibility index (Phi) is 4.49. The molecular formula is C19H25N5O3.